The van der Waals surface area contributed by atoms with Crippen LogP contribution in [0.1, 0.15) is 36.7 Å². The maximum absolute atomic E-state index is 11.6. The summed E-state index contributed by atoms with van der Waals surface area (Å²) in [6, 6.07) is 15.3. The number of rotatable bonds is 3. The third-order valence-corrected chi connectivity index (χ3v) is 4.57. The van der Waals surface area contributed by atoms with E-state index in [9.17, 15) is 4.79 Å². The van der Waals surface area contributed by atoms with Crippen molar-refractivity contribution in [2.75, 3.05) is 0 Å². The van der Waals surface area contributed by atoms with Gasteiger partial charge in [0.15, 0.2) is 5.82 Å². The van der Waals surface area contributed by atoms with Crippen LogP contribution in [0.5, 0.6) is 0 Å². The fraction of sp³-hybridized carbons (Fsp3) is 0.190. The van der Waals surface area contributed by atoms with E-state index >= 15 is 0 Å². The Labute approximate surface area is 156 Å². The molecule has 2 aromatic carbocycles. The normalized spacial score (nSPS) is 11.8. The minimum absolute atomic E-state index is 0.0971. The third kappa shape index (κ3) is 3.10. The molecule has 0 radical (unpaired) electrons. The number of nitrogens with one attached hydrogen (secondary N) is 1. The van der Waals surface area contributed by atoms with Gasteiger partial charge >= 0.3 is 0 Å². The summed E-state index contributed by atoms with van der Waals surface area (Å²) in [5, 5.41) is 4.16. The number of aromatic amines is 1. The van der Waals surface area contributed by atoms with Crippen LogP contribution in [-0.2, 0) is 5.41 Å². The first kappa shape index (κ1) is 17.0. The summed E-state index contributed by atoms with van der Waals surface area (Å²) in [6.45, 7) is 6.54. The monoisotopic (exact) mass is 360 g/mol. The molecule has 0 fully saturated rings. The van der Waals surface area contributed by atoms with E-state index in [1.54, 1.807) is 12.1 Å². The molecule has 0 saturated carbocycles. The number of amides is 1. The lowest BCUT2D eigenvalue weighted by atomic mass is 9.86. The van der Waals surface area contributed by atoms with Gasteiger partial charge in [-0.15, -0.1) is 0 Å². The molecule has 0 atom stereocenters. The molecule has 0 saturated heterocycles. The highest BCUT2D eigenvalue weighted by Gasteiger charge is 2.17. The molecule has 0 aliphatic heterocycles. The fourth-order valence-corrected chi connectivity index (χ4v) is 3.01. The highest BCUT2D eigenvalue weighted by atomic mass is 16.5. The Morgan fingerprint density at radius 3 is 2.52 bits per heavy atom. The summed E-state index contributed by atoms with van der Waals surface area (Å²) in [4.78, 5) is 19.2. The number of hydrogen-bond donors (Lipinski definition) is 2. The minimum atomic E-state index is -0.518. The van der Waals surface area contributed by atoms with Crippen LogP contribution < -0.4 is 5.73 Å². The average molecular weight is 360 g/mol. The number of hydrogen-bond acceptors (Lipinski definition) is 4. The summed E-state index contributed by atoms with van der Waals surface area (Å²) in [5.74, 6) is 0.483. The number of H-pyrrole nitrogens is 1. The molecular weight excluding hydrogens is 340 g/mol. The van der Waals surface area contributed by atoms with Gasteiger partial charge in [0.2, 0.25) is 5.76 Å². The number of imidazole rings is 1. The van der Waals surface area contributed by atoms with Crippen LogP contribution in [0, 0.1) is 0 Å². The lowest BCUT2D eigenvalue weighted by Gasteiger charge is -2.18. The standard InChI is InChI=1S/C21H20N4O2/c1-21(2,3)13-9-7-12(8-10-13)16-11-17(27-25-16)20-23-15-6-4-5-14(19(22)26)18(15)24-20/h4-11H,1-3H3,(H2,22,26)(H,23,24). The Morgan fingerprint density at radius 1 is 1.11 bits per heavy atom. The Kier molecular flexibility index (Phi) is 3.84. The van der Waals surface area contributed by atoms with E-state index in [2.05, 4.69) is 48.0 Å². The van der Waals surface area contributed by atoms with E-state index in [0.717, 1.165) is 11.3 Å². The summed E-state index contributed by atoms with van der Waals surface area (Å²) in [5.41, 5.74) is 10.1. The molecule has 0 aliphatic rings. The first-order valence-corrected chi connectivity index (χ1v) is 8.69. The van der Waals surface area contributed by atoms with Crippen LogP contribution in [0.4, 0.5) is 0 Å². The van der Waals surface area contributed by atoms with Crippen LogP contribution in [0.2, 0.25) is 0 Å². The van der Waals surface area contributed by atoms with Gasteiger partial charge in [0.1, 0.15) is 11.2 Å². The van der Waals surface area contributed by atoms with Crippen molar-refractivity contribution in [3.63, 3.8) is 0 Å². The van der Waals surface area contributed by atoms with Crippen LogP contribution in [0.25, 0.3) is 33.9 Å². The number of para-hydroxylation sites is 1. The topological polar surface area (TPSA) is 97.8 Å². The van der Waals surface area contributed by atoms with Gasteiger partial charge in [-0.05, 0) is 23.1 Å². The van der Waals surface area contributed by atoms with Crippen molar-refractivity contribution in [2.45, 2.75) is 26.2 Å². The number of fused-ring (bicyclic) bond motifs is 1. The maximum atomic E-state index is 11.6. The van der Waals surface area contributed by atoms with Crippen molar-refractivity contribution in [1.29, 1.82) is 0 Å². The van der Waals surface area contributed by atoms with E-state index in [1.807, 2.05) is 24.3 Å². The molecule has 2 aromatic heterocycles. The van der Waals surface area contributed by atoms with E-state index in [1.165, 1.54) is 5.56 Å². The molecule has 136 valence electrons. The summed E-state index contributed by atoms with van der Waals surface area (Å²) < 4.78 is 5.47. The van der Waals surface area contributed by atoms with E-state index in [4.69, 9.17) is 10.3 Å². The highest BCUT2D eigenvalue weighted by Crippen LogP contribution is 2.29. The molecule has 0 aliphatic carbocycles. The number of nitrogens with two attached hydrogens (primary N) is 1. The first-order valence-electron chi connectivity index (χ1n) is 8.69. The van der Waals surface area contributed by atoms with Gasteiger partial charge in [0.05, 0.1) is 11.1 Å². The second-order valence-electron chi connectivity index (χ2n) is 7.56. The smallest absolute Gasteiger partial charge is 0.250 e. The number of aromatic nitrogens is 3. The second-order valence-corrected chi connectivity index (χ2v) is 7.56. The predicted molar refractivity (Wildman–Crippen MR) is 104 cm³/mol. The van der Waals surface area contributed by atoms with Gasteiger partial charge in [0.25, 0.3) is 5.91 Å². The van der Waals surface area contributed by atoms with Gasteiger partial charge in [-0.2, -0.15) is 0 Å². The number of carbonyl (C=O) groups is 1. The number of nitrogens with zero attached hydrogens (tertiary/aromatic N) is 2. The Balaban J connectivity index is 1.70. The molecule has 6 heteroatoms. The van der Waals surface area contributed by atoms with Crippen LogP contribution >= 0.6 is 0 Å². The zero-order valence-electron chi connectivity index (χ0n) is 15.4. The molecule has 27 heavy (non-hydrogen) atoms. The molecule has 4 rings (SSSR count). The molecule has 0 bridgehead atoms. The van der Waals surface area contributed by atoms with Gasteiger partial charge in [-0.3, -0.25) is 4.79 Å². The molecule has 0 spiro atoms. The number of primary amides is 1. The molecule has 0 unspecified atom stereocenters. The van der Waals surface area contributed by atoms with Gasteiger partial charge in [-0.1, -0.05) is 56.3 Å². The Bertz CT molecular complexity index is 1130. The maximum Gasteiger partial charge on any atom is 0.250 e. The van der Waals surface area contributed by atoms with Crippen molar-refractivity contribution in [1.82, 2.24) is 15.1 Å². The SMILES string of the molecule is CC(C)(C)c1ccc(-c2cc(-c3nc4c(C(N)=O)cccc4[nH]3)on2)cc1. The minimum Gasteiger partial charge on any atom is -0.366 e. The van der Waals surface area contributed by atoms with Crippen molar-refractivity contribution in [2.24, 2.45) is 5.73 Å². The van der Waals surface area contributed by atoms with Crippen molar-refractivity contribution in [3.05, 3.63) is 59.7 Å². The van der Waals surface area contributed by atoms with Gasteiger partial charge in [0, 0.05) is 11.6 Å². The molecule has 1 amide bonds. The number of benzene rings is 2. The third-order valence-electron chi connectivity index (χ3n) is 4.57. The lowest BCUT2D eigenvalue weighted by Crippen LogP contribution is -2.11. The molecule has 6 nitrogen and oxygen atoms in total. The zero-order chi connectivity index (χ0) is 19.2. The number of carbonyl (C=O) groups excluding carboxylic acids is 1. The molecular formula is C21H20N4O2. The quantitative estimate of drug-likeness (QED) is 0.570. The van der Waals surface area contributed by atoms with E-state index in [-0.39, 0.29) is 5.41 Å². The van der Waals surface area contributed by atoms with Crippen molar-refractivity contribution < 1.29 is 9.32 Å². The van der Waals surface area contributed by atoms with Crippen LogP contribution in [-0.4, -0.2) is 21.0 Å². The zero-order valence-corrected chi connectivity index (χ0v) is 15.4. The second kappa shape index (κ2) is 6.09. The first-order chi connectivity index (χ1) is 12.8. The summed E-state index contributed by atoms with van der Waals surface area (Å²) in [6.07, 6.45) is 0. The van der Waals surface area contributed by atoms with Crippen molar-refractivity contribution >= 4 is 16.9 Å². The fourth-order valence-electron chi connectivity index (χ4n) is 3.01. The molecule has 3 N–H and O–H groups in total. The van der Waals surface area contributed by atoms with Gasteiger partial charge < -0.3 is 15.2 Å². The molecule has 2 heterocycles. The van der Waals surface area contributed by atoms with Crippen LogP contribution in [0.3, 0.4) is 0 Å². The van der Waals surface area contributed by atoms with E-state index < -0.39 is 5.91 Å². The largest absolute Gasteiger partial charge is 0.366 e. The Hall–Kier alpha value is -3.41. The lowest BCUT2D eigenvalue weighted by molar-refractivity contribution is 0.100. The average Bonchev–Trinajstić information content (AvgIpc) is 3.27. The molecule has 4 aromatic rings. The summed E-state index contributed by atoms with van der Waals surface area (Å²) >= 11 is 0. The predicted octanol–water partition coefficient (Wildman–Crippen LogP) is 4.28. The summed E-state index contributed by atoms with van der Waals surface area (Å²) in [7, 11) is 0. The Morgan fingerprint density at radius 2 is 1.85 bits per heavy atom. The van der Waals surface area contributed by atoms with Gasteiger partial charge in [-0.25, -0.2) is 4.98 Å². The van der Waals surface area contributed by atoms with E-state index in [0.29, 0.717) is 28.2 Å². The van der Waals surface area contributed by atoms with Crippen LogP contribution in [0.15, 0.2) is 53.1 Å². The van der Waals surface area contributed by atoms with Crippen molar-refractivity contribution in [3.8, 4) is 22.8 Å². The highest BCUT2D eigenvalue weighted by molar-refractivity contribution is 6.04.